The molecule has 0 aliphatic heterocycles. The lowest BCUT2D eigenvalue weighted by atomic mass is 10.1. The fourth-order valence-corrected chi connectivity index (χ4v) is 1.14. The summed E-state index contributed by atoms with van der Waals surface area (Å²) in [5.74, 6) is 5.39. The molecule has 0 heterocycles. The molecule has 0 radical (unpaired) electrons. The fraction of sp³-hybridized carbons (Fsp3) is 0.800. The number of hydrogen-bond donors (Lipinski definition) is 2. The van der Waals surface area contributed by atoms with Crippen LogP contribution in [0.3, 0.4) is 0 Å². The summed E-state index contributed by atoms with van der Waals surface area (Å²) in [7, 11) is 0. The normalized spacial score (nSPS) is 12.8. The third-order valence-electron chi connectivity index (χ3n) is 1.79. The van der Waals surface area contributed by atoms with Gasteiger partial charge in [0.1, 0.15) is 0 Å². The number of hydrogen-bond acceptors (Lipinski definition) is 3. The van der Waals surface area contributed by atoms with Gasteiger partial charge in [-0.2, -0.15) is 0 Å². The monoisotopic (exact) mass is 186 g/mol. The third kappa shape index (κ3) is 7.96. The maximum Gasteiger partial charge on any atom is 0.0481 e. The molecule has 0 bridgehead atoms. The summed E-state index contributed by atoms with van der Waals surface area (Å²) in [4.78, 5) is 0. The first kappa shape index (κ1) is 12.6. The lowest BCUT2D eigenvalue weighted by molar-refractivity contribution is 0.124. The lowest BCUT2D eigenvalue weighted by Crippen LogP contribution is -2.36. The van der Waals surface area contributed by atoms with Gasteiger partial charge in [-0.05, 0) is 26.2 Å². The second kappa shape index (κ2) is 8.23. The maximum atomic E-state index is 5.39. The van der Waals surface area contributed by atoms with Crippen LogP contribution in [-0.2, 0) is 4.74 Å². The number of nitrogens with one attached hydrogen (secondary N) is 1. The van der Waals surface area contributed by atoms with Crippen molar-refractivity contribution in [1.82, 2.24) is 5.43 Å². The van der Waals surface area contributed by atoms with Crippen LogP contribution in [0.15, 0.2) is 12.2 Å². The Balaban J connectivity index is 3.42. The number of ether oxygens (including phenoxy) is 1. The molecular weight excluding hydrogens is 164 g/mol. The number of hydrazine groups is 1. The first-order valence-corrected chi connectivity index (χ1v) is 4.89. The van der Waals surface area contributed by atoms with E-state index in [1.807, 2.05) is 6.92 Å². The van der Waals surface area contributed by atoms with Gasteiger partial charge >= 0.3 is 0 Å². The van der Waals surface area contributed by atoms with E-state index >= 15 is 0 Å². The summed E-state index contributed by atoms with van der Waals surface area (Å²) in [6.45, 7) is 9.58. The molecule has 1 unspecified atom stereocenters. The summed E-state index contributed by atoms with van der Waals surface area (Å²) < 4.78 is 5.37. The SMILES string of the molecule is C=C(C)CC(CCOCCC)NN. The highest BCUT2D eigenvalue weighted by Gasteiger charge is 2.05. The van der Waals surface area contributed by atoms with E-state index in [0.29, 0.717) is 6.04 Å². The van der Waals surface area contributed by atoms with Gasteiger partial charge in [0.2, 0.25) is 0 Å². The van der Waals surface area contributed by atoms with Crippen LogP contribution in [0.2, 0.25) is 0 Å². The Kier molecular flexibility index (Phi) is 7.99. The zero-order valence-corrected chi connectivity index (χ0v) is 8.81. The highest BCUT2D eigenvalue weighted by molar-refractivity contribution is 4.92. The average molecular weight is 186 g/mol. The summed E-state index contributed by atoms with van der Waals surface area (Å²) >= 11 is 0. The molecular formula is C10H22N2O. The van der Waals surface area contributed by atoms with Crippen LogP contribution in [0, 0.1) is 0 Å². The molecule has 0 aromatic carbocycles. The van der Waals surface area contributed by atoms with E-state index in [1.165, 1.54) is 0 Å². The van der Waals surface area contributed by atoms with Crippen LogP contribution in [0.4, 0.5) is 0 Å². The van der Waals surface area contributed by atoms with E-state index in [2.05, 4.69) is 18.9 Å². The van der Waals surface area contributed by atoms with Gasteiger partial charge in [-0.25, -0.2) is 0 Å². The quantitative estimate of drug-likeness (QED) is 0.262. The topological polar surface area (TPSA) is 47.3 Å². The second-order valence-electron chi connectivity index (χ2n) is 3.43. The predicted molar refractivity (Wildman–Crippen MR) is 56.3 cm³/mol. The van der Waals surface area contributed by atoms with Crippen molar-refractivity contribution in [3.63, 3.8) is 0 Å². The Hall–Kier alpha value is -0.380. The fourth-order valence-electron chi connectivity index (χ4n) is 1.14. The van der Waals surface area contributed by atoms with Gasteiger partial charge in [-0.15, -0.1) is 6.58 Å². The van der Waals surface area contributed by atoms with Crippen LogP contribution >= 0.6 is 0 Å². The van der Waals surface area contributed by atoms with Gasteiger partial charge in [0.15, 0.2) is 0 Å². The van der Waals surface area contributed by atoms with Crippen molar-refractivity contribution in [1.29, 1.82) is 0 Å². The summed E-state index contributed by atoms with van der Waals surface area (Å²) in [5, 5.41) is 0. The Morgan fingerprint density at radius 2 is 2.23 bits per heavy atom. The molecule has 0 fully saturated rings. The molecule has 0 saturated heterocycles. The van der Waals surface area contributed by atoms with Crippen molar-refractivity contribution in [2.75, 3.05) is 13.2 Å². The number of rotatable bonds is 8. The summed E-state index contributed by atoms with van der Waals surface area (Å²) in [6, 6.07) is 0.300. The third-order valence-corrected chi connectivity index (χ3v) is 1.79. The van der Waals surface area contributed by atoms with Crippen molar-refractivity contribution in [3.05, 3.63) is 12.2 Å². The molecule has 78 valence electrons. The van der Waals surface area contributed by atoms with E-state index in [4.69, 9.17) is 10.6 Å². The van der Waals surface area contributed by atoms with Gasteiger partial charge in [-0.1, -0.05) is 12.5 Å². The van der Waals surface area contributed by atoms with Gasteiger partial charge in [0.25, 0.3) is 0 Å². The maximum absolute atomic E-state index is 5.39. The van der Waals surface area contributed by atoms with Gasteiger partial charge < -0.3 is 4.74 Å². The molecule has 0 aliphatic carbocycles. The molecule has 3 nitrogen and oxygen atoms in total. The Bertz CT molecular complexity index is 137. The van der Waals surface area contributed by atoms with Crippen LogP contribution in [0.25, 0.3) is 0 Å². The second-order valence-corrected chi connectivity index (χ2v) is 3.43. The smallest absolute Gasteiger partial charge is 0.0481 e. The van der Waals surface area contributed by atoms with Gasteiger partial charge in [-0.3, -0.25) is 11.3 Å². The van der Waals surface area contributed by atoms with Crippen molar-refractivity contribution in [2.45, 2.75) is 39.2 Å². The molecule has 0 aromatic heterocycles. The highest BCUT2D eigenvalue weighted by Crippen LogP contribution is 2.04. The van der Waals surface area contributed by atoms with E-state index in [-0.39, 0.29) is 0 Å². The molecule has 0 saturated carbocycles. The van der Waals surface area contributed by atoms with Crippen LogP contribution < -0.4 is 11.3 Å². The van der Waals surface area contributed by atoms with Gasteiger partial charge in [0, 0.05) is 19.3 Å². The van der Waals surface area contributed by atoms with E-state index < -0.39 is 0 Å². The zero-order valence-electron chi connectivity index (χ0n) is 8.81. The Labute approximate surface area is 81.3 Å². The minimum atomic E-state index is 0.300. The standard InChI is InChI=1S/C10H22N2O/c1-4-6-13-7-5-10(12-11)8-9(2)3/h10,12H,2,4-8,11H2,1,3H3. The molecule has 0 spiro atoms. The molecule has 13 heavy (non-hydrogen) atoms. The first-order valence-electron chi connectivity index (χ1n) is 4.89. The first-order chi connectivity index (χ1) is 6.20. The Morgan fingerprint density at radius 3 is 2.69 bits per heavy atom. The zero-order chi connectivity index (χ0) is 10.1. The van der Waals surface area contributed by atoms with E-state index in [1.54, 1.807) is 0 Å². The lowest BCUT2D eigenvalue weighted by Gasteiger charge is -2.15. The van der Waals surface area contributed by atoms with Crippen LogP contribution in [-0.4, -0.2) is 19.3 Å². The predicted octanol–water partition coefficient (Wildman–Crippen LogP) is 1.60. The van der Waals surface area contributed by atoms with E-state index in [0.717, 1.165) is 38.0 Å². The molecule has 3 N–H and O–H groups in total. The van der Waals surface area contributed by atoms with Crippen molar-refractivity contribution in [3.8, 4) is 0 Å². The van der Waals surface area contributed by atoms with Crippen molar-refractivity contribution in [2.24, 2.45) is 5.84 Å². The minimum absolute atomic E-state index is 0.300. The van der Waals surface area contributed by atoms with Crippen LogP contribution in [0.1, 0.15) is 33.1 Å². The van der Waals surface area contributed by atoms with Crippen molar-refractivity contribution < 1.29 is 4.74 Å². The van der Waals surface area contributed by atoms with Gasteiger partial charge in [0.05, 0.1) is 0 Å². The van der Waals surface area contributed by atoms with E-state index in [9.17, 15) is 0 Å². The minimum Gasteiger partial charge on any atom is -0.381 e. The molecule has 0 aromatic rings. The molecule has 0 amide bonds. The molecule has 0 rings (SSSR count). The Morgan fingerprint density at radius 1 is 1.54 bits per heavy atom. The molecule has 1 atom stereocenters. The molecule has 3 heteroatoms. The largest absolute Gasteiger partial charge is 0.381 e. The highest BCUT2D eigenvalue weighted by atomic mass is 16.5. The summed E-state index contributed by atoms with van der Waals surface area (Å²) in [6.07, 6.45) is 2.94. The summed E-state index contributed by atoms with van der Waals surface area (Å²) in [5.41, 5.74) is 3.92. The number of nitrogens with two attached hydrogens (primary N) is 1. The molecule has 0 aliphatic rings. The van der Waals surface area contributed by atoms with Crippen LogP contribution in [0.5, 0.6) is 0 Å². The van der Waals surface area contributed by atoms with Crippen molar-refractivity contribution >= 4 is 0 Å². The average Bonchev–Trinajstić information content (AvgIpc) is 2.09.